The number of benzene rings is 2. The number of hydrogen-bond acceptors (Lipinski definition) is 6. The Bertz CT molecular complexity index is 968. The highest BCUT2D eigenvalue weighted by molar-refractivity contribution is 7.80. The number of rotatable bonds is 3. The van der Waals surface area contributed by atoms with Gasteiger partial charge in [-0.05, 0) is 30.2 Å². The fourth-order valence-electron chi connectivity index (χ4n) is 3.04. The summed E-state index contributed by atoms with van der Waals surface area (Å²) < 4.78 is 16.5. The molecule has 2 aromatic rings. The number of amidine groups is 1. The summed E-state index contributed by atoms with van der Waals surface area (Å²) in [6.45, 7) is 0. The first-order chi connectivity index (χ1) is 12.6. The van der Waals surface area contributed by atoms with Crippen LogP contribution in [0.15, 0.2) is 46.4 Å². The van der Waals surface area contributed by atoms with E-state index in [1.807, 2.05) is 12.1 Å². The van der Waals surface area contributed by atoms with Crippen molar-refractivity contribution in [2.45, 2.75) is 6.42 Å². The van der Waals surface area contributed by atoms with E-state index in [4.69, 9.17) is 26.4 Å². The lowest BCUT2D eigenvalue weighted by Gasteiger charge is -2.28. The molecule has 0 saturated heterocycles. The Kier molecular flexibility index (Phi) is 4.08. The van der Waals surface area contributed by atoms with E-state index < -0.39 is 0 Å². The van der Waals surface area contributed by atoms with Gasteiger partial charge in [0.05, 0.1) is 25.7 Å². The Labute approximate surface area is 155 Å². The van der Waals surface area contributed by atoms with Gasteiger partial charge in [-0.2, -0.15) is 4.99 Å². The maximum absolute atomic E-state index is 10.1. The van der Waals surface area contributed by atoms with Gasteiger partial charge in [0, 0.05) is 6.07 Å². The van der Waals surface area contributed by atoms with Crippen molar-refractivity contribution in [2.24, 2.45) is 15.9 Å². The lowest BCUT2D eigenvalue weighted by Crippen LogP contribution is -2.36. The van der Waals surface area contributed by atoms with Crippen molar-refractivity contribution in [3.8, 4) is 23.0 Å². The number of para-hydroxylation sites is 1. The van der Waals surface area contributed by atoms with Crippen molar-refractivity contribution in [3.63, 3.8) is 0 Å². The molecule has 0 radical (unpaired) electrons. The van der Waals surface area contributed by atoms with Gasteiger partial charge in [0.2, 0.25) is 5.90 Å². The first-order valence-electron chi connectivity index (χ1n) is 8.03. The smallest absolute Gasteiger partial charge is 0.207 e. The molecular formula is C19H16N2O4S. The first-order valence-corrected chi connectivity index (χ1v) is 8.43. The van der Waals surface area contributed by atoms with Gasteiger partial charge in [-0.3, -0.25) is 0 Å². The summed E-state index contributed by atoms with van der Waals surface area (Å²) in [5, 5.41) is 10.1. The Morgan fingerprint density at radius 1 is 1.15 bits per heavy atom. The average molecular weight is 368 g/mol. The Balaban J connectivity index is 1.76. The normalized spacial score (nSPS) is 18.1. The second-order valence-electron chi connectivity index (χ2n) is 5.91. The van der Waals surface area contributed by atoms with Crippen LogP contribution in [0.5, 0.6) is 23.0 Å². The van der Waals surface area contributed by atoms with E-state index in [1.54, 1.807) is 38.5 Å². The fraction of sp³-hybridized carbons (Fsp3) is 0.211. The Morgan fingerprint density at radius 2 is 2.00 bits per heavy atom. The van der Waals surface area contributed by atoms with Crippen LogP contribution in [0.4, 0.5) is 0 Å². The van der Waals surface area contributed by atoms with E-state index in [1.165, 1.54) is 0 Å². The van der Waals surface area contributed by atoms with E-state index >= 15 is 0 Å². The van der Waals surface area contributed by atoms with Gasteiger partial charge < -0.3 is 19.3 Å². The largest absolute Gasteiger partial charge is 0.504 e. The number of thiocarbonyl (C=S) groups is 1. The van der Waals surface area contributed by atoms with Crippen LogP contribution in [0, 0.1) is 5.92 Å². The minimum absolute atomic E-state index is 0.0839. The third-order valence-corrected chi connectivity index (χ3v) is 4.76. The maximum Gasteiger partial charge on any atom is 0.207 e. The molecule has 0 amide bonds. The van der Waals surface area contributed by atoms with E-state index in [9.17, 15) is 5.11 Å². The van der Waals surface area contributed by atoms with Crippen molar-refractivity contribution in [2.75, 3.05) is 14.2 Å². The number of ether oxygens (including phenoxy) is 3. The molecule has 0 bridgehead atoms. The highest BCUT2D eigenvalue weighted by atomic mass is 32.1. The number of aromatic hydroxyl groups is 1. The van der Waals surface area contributed by atoms with Crippen molar-refractivity contribution < 1.29 is 19.3 Å². The van der Waals surface area contributed by atoms with E-state index in [0.717, 1.165) is 5.56 Å². The van der Waals surface area contributed by atoms with Crippen LogP contribution in [-0.4, -0.2) is 36.0 Å². The number of hydrogen-bond donors (Lipinski definition) is 1. The third kappa shape index (κ3) is 2.70. The van der Waals surface area contributed by atoms with Crippen LogP contribution in [0.3, 0.4) is 0 Å². The molecule has 1 N–H and O–H groups in total. The zero-order chi connectivity index (χ0) is 18.3. The molecule has 132 valence electrons. The second-order valence-corrected chi connectivity index (χ2v) is 6.33. The van der Waals surface area contributed by atoms with E-state index in [0.29, 0.717) is 46.0 Å². The maximum atomic E-state index is 10.1. The van der Waals surface area contributed by atoms with Gasteiger partial charge in [-0.15, -0.1) is 0 Å². The Hall–Kier alpha value is -2.93. The quantitative estimate of drug-likeness (QED) is 0.843. The molecule has 0 saturated carbocycles. The van der Waals surface area contributed by atoms with Gasteiger partial charge in [0.15, 0.2) is 17.3 Å². The number of fused-ring (bicyclic) bond motifs is 2. The molecule has 4 rings (SSSR count). The lowest BCUT2D eigenvalue weighted by atomic mass is 9.94. The standard InChI is InChI=1S/C19H16N2O4S/c1-23-11-6-7-12(15(9-11)24-2)17-20-18-13(19(26)21-17)8-10-4-3-5-14(22)16(10)25-18/h3-7,9,13,22H,8H2,1-2H3. The van der Waals surface area contributed by atoms with Gasteiger partial charge in [0.25, 0.3) is 0 Å². The van der Waals surface area contributed by atoms with Crippen LogP contribution < -0.4 is 14.2 Å². The predicted octanol–water partition coefficient (Wildman–Crippen LogP) is 3.15. The van der Waals surface area contributed by atoms with E-state index in [-0.39, 0.29) is 11.7 Å². The molecule has 1 unspecified atom stereocenters. The second kappa shape index (κ2) is 6.42. The molecule has 2 aliphatic rings. The van der Waals surface area contributed by atoms with Crippen LogP contribution in [0.2, 0.25) is 0 Å². The molecule has 7 heteroatoms. The molecule has 26 heavy (non-hydrogen) atoms. The van der Waals surface area contributed by atoms with Crippen LogP contribution in [0.25, 0.3) is 0 Å². The average Bonchev–Trinajstić information content (AvgIpc) is 2.66. The SMILES string of the molecule is COc1ccc(C2=NC(=S)C3Cc4cccc(O)c4OC3=N2)c(OC)c1. The number of aliphatic imine (C=N–C) groups is 2. The van der Waals surface area contributed by atoms with Crippen molar-refractivity contribution in [1.82, 2.24) is 0 Å². The summed E-state index contributed by atoms with van der Waals surface area (Å²) in [5.41, 5.74) is 1.57. The molecule has 2 heterocycles. The molecule has 1 atom stereocenters. The molecule has 0 fully saturated rings. The molecular weight excluding hydrogens is 352 g/mol. The molecule has 6 nitrogen and oxygen atoms in total. The van der Waals surface area contributed by atoms with E-state index in [2.05, 4.69) is 9.98 Å². The van der Waals surface area contributed by atoms with Gasteiger partial charge in [-0.1, -0.05) is 24.4 Å². The van der Waals surface area contributed by atoms with Gasteiger partial charge in [0.1, 0.15) is 16.5 Å². The summed E-state index contributed by atoms with van der Waals surface area (Å²) in [5.74, 6) is 2.39. The molecule has 0 aromatic heterocycles. The molecule has 0 aliphatic carbocycles. The summed E-state index contributed by atoms with van der Waals surface area (Å²) in [6, 6.07) is 10.7. The van der Waals surface area contributed by atoms with Crippen LogP contribution in [0.1, 0.15) is 11.1 Å². The van der Waals surface area contributed by atoms with Crippen LogP contribution >= 0.6 is 12.2 Å². The summed E-state index contributed by atoms with van der Waals surface area (Å²) >= 11 is 5.49. The minimum Gasteiger partial charge on any atom is -0.504 e. The molecule has 2 aliphatic heterocycles. The van der Waals surface area contributed by atoms with Crippen molar-refractivity contribution in [3.05, 3.63) is 47.5 Å². The first kappa shape index (κ1) is 16.5. The van der Waals surface area contributed by atoms with Crippen LogP contribution in [-0.2, 0) is 6.42 Å². The number of phenolic OH excluding ortho intramolecular Hbond substituents is 1. The van der Waals surface area contributed by atoms with Gasteiger partial charge >= 0.3 is 0 Å². The number of nitrogens with zero attached hydrogens (tertiary/aromatic N) is 2. The number of phenols is 1. The minimum atomic E-state index is -0.215. The summed E-state index contributed by atoms with van der Waals surface area (Å²) in [7, 11) is 3.16. The van der Waals surface area contributed by atoms with Gasteiger partial charge in [-0.25, -0.2) is 4.99 Å². The Morgan fingerprint density at radius 3 is 2.77 bits per heavy atom. The highest BCUT2D eigenvalue weighted by Crippen LogP contribution is 2.38. The molecule has 0 spiro atoms. The van der Waals surface area contributed by atoms with Crippen molar-refractivity contribution in [1.29, 1.82) is 0 Å². The monoisotopic (exact) mass is 368 g/mol. The third-order valence-electron chi connectivity index (χ3n) is 4.38. The molecule has 2 aromatic carbocycles. The highest BCUT2D eigenvalue weighted by Gasteiger charge is 2.35. The van der Waals surface area contributed by atoms with Crippen molar-refractivity contribution >= 4 is 28.9 Å². The topological polar surface area (TPSA) is 72.6 Å². The number of methoxy groups -OCH3 is 2. The fourth-order valence-corrected chi connectivity index (χ4v) is 3.31. The lowest BCUT2D eigenvalue weighted by molar-refractivity contribution is 0.393. The zero-order valence-corrected chi connectivity index (χ0v) is 15.0. The summed E-state index contributed by atoms with van der Waals surface area (Å²) in [6.07, 6.45) is 0.595. The zero-order valence-electron chi connectivity index (χ0n) is 14.2. The predicted molar refractivity (Wildman–Crippen MR) is 102 cm³/mol. The summed E-state index contributed by atoms with van der Waals surface area (Å²) in [4.78, 5) is 9.54.